The fraction of sp³-hybridized carbons (Fsp3) is 0.500. The summed E-state index contributed by atoms with van der Waals surface area (Å²) in [4.78, 5) is 10.0. The molecule has 0 fully saturated rings. The van der Waals surface area contributed by atoms with Crippen LogP contribution in [0.15, 0.2) is 0 Å². The lowest BCUT2D eigenvalue weighted by molar-refractivity contribution is 0.999. The third-order valence-electron chi connectivity index (χ3n) is 1.71. The molecule has 14 heavy (non-hydrogen) atoms. The van der Waals surface area contributed by atoms with Gasteiger partial charge in [0.1, 0.15) is 5.69 Å². The van der Waals surface area contributed by atoms with Gasteiger partial charge >= 0.3 is 0 Å². The Labute approximate surface area is 83.3 Å². The molecule has 0 aliphatic rings. The first kappa shape index (κ1) is 10.4. The molecule has 0 bridgehead atoms. The Morgan fingerprint density at radius 3 is 2.43 bits per heavy atom. The van der Waals surface area contributed by atoms with Gasteiger partial charge in [0.05, 0.1) is 0 Å². The van der Waals surface area contributed by atoms with E-state index in [9.17, 15) is 0 Å². The Bertz CT molecular complexity index is 322. The Morgan fingerprint density at radius 1 is 1.29 bits per heavy atom. The van der Waals surface area contributed by atoms with Crippen LogP contribution in [0.5, 0.6) is 0 Å². The van der Waals surface area contributed by atoms with Gasteiger partial charge < -0.3 is 21.7 Å². The first-order chi connectivity index (χ1) is 6.56. The van der Waals surface area contributed by atoms with Crippen molar-refractivity contribution in [3.05, 3.63) is 0 Å². The molecule has 6 heteroatoms. The Hall–Kier alpha value is -1.72. The van der Waals surface area contributed by atoms with Gasteiger partial charge in [-0.1, -0.05) is 0 Å². The van der Waals surface area contributed by atoms with E-state index in [-0.39, 0.29) is 0 Å². The number of anilines is 4. The SMILES string of the molecule is CCNc1nc(N(C)C)nc(N)c1N. The first-order valence-electron chi connectivity index (χ1n) is 4.40. The van der Waals surface area contributed by atoms with E-state index in [1.807, 2.05) is 21.0 Å². The minimum atomic E-state index is 0.305. The molecule has 1 heterocycles. The van der Waals surface area contributed by atoms with Crippen molar-refractivity contribution in [2.24, 2.45) is 0 Å². The van der Waals surface area contributed by atoms with E-state index in [0.29, 0.717) is 23.3 Å². The summed E-state index contributed by atoms with van der Waals surface area (Å²) in [5, 5.41) is 3.03. The molecule has 1 aromatic heterocycles. The van der Waals surface area contributed by atoms with Crippen molar-refractivity contribution >= 4 is 23.3 Å². The molecule has 1 aromatic rings. The van der Waals surface area contributed by atoms with Crippen molar-refractivity contribution in [1.29, 1.82) is 0 Å². The van der Waals surface area contributed by atoms with E-state index in [1.165, 1.54) is 0 Å². The van der Waals surface area contributed by atoms with Crippen LogP contribution in [0.2, 0.25) is 0 Å². The molecule has 0 radical (unpaired) electrons. The second kappa shape index (κ2) is 3.99. The topological polar surface area (TPSA) is 93.1 Å². The number of rotatable bonds is 3. The lowest BCUT2D eigenvalue weighted by atomic mass is 10.4. The summed E-state index contributed by atoms with van der Waals surface area (Å²) in [6.07, 6.45) is 0. The van der Waals surface area contributed by atoms with Crippen LogP contribution in [0.4, 0.5) is 23.3 Å². The number of aromatic nitrogens is 2. The van der Waals surface area contributed by atoms with Crippen LogP contribution >= 0.6 is 0 Å². The highest BCUT2D eigenvalue weighted by atomic mass is 15.2. The average Bonchev–Trinajstić information content (AvgIpc) is 2.12. The predicted octanol–water partition coefficient (Wildman–Crippen LogP) is 0.139. The van der Waals surface area contributed by atoms with Crippen LogP contribution in [0.1, 0.15) is 6.92 Å². The van der Waals surface area contributed by atoms with Crippen molar-refractivity contribution < 1.29 is 0 Å². The van der Waals surface area contributed by atoms with Crippen molar-refractivity contribution in [2.45, 2.75) is 6.92 Å². The molecule has 5 N–H and O–H groups in total. The van der Waals surface area contributed by atoms with Gasteiger partial charge in [-0.2, -0.15) is 9.97 Å². The Kier molecular flexibility index (Phi) is 2.95. The first-order valence-corrected chi connectivity index (χ1v) is 4.40. The fourth-order valence-corrected chi connectivity index (χ4v) is 0.977. The molecule has 6 nitrogen and oxygen atoms in total. The molecule has 0 saturated carbocycles. The van der Waals surface area contributed by atoms with Crippen LogP contribution in [0, 0.1) is 0 Å². The molecule has 0 unspecified atom stereocenters. The smallest absolute Gasteiger partial charge is 0.228 e. The summed E-state index contributed by atoms with van der Waals surface area (Å²) < 4.78 is 0. The van der Waals surface area contributed by atoms with E-state index < -0.39 is 0 Å². The van der Waals surface area contributed by atoms with E-state index in [2.05, 4.69) is 15.3 Å². The van der Waals surface area contributed by atoms with Crippen molar-refractivity contribution in [3.63, 3.8) is 0 Å². The van der Waals surface area contributed by atoms with Gasteiger partial charge in [-0.15, -0.1) is 0 Å². The number of nitrogens with two attached hydrogens (primary N) is 2. The van der Waals surface area contributed by atoms with Gasteiger partial charge in [0.2, 0.25) is 5.95 Å². The van der Waals surface area contributed by atoms with Crippen LogP contribution in [0.25, 0.3) is 0 Å². The zero-order chi connectivity index (χ0) is 10.7. The molecule has 0 atom stereocenters. The molecular formula is C8H16N6. The highest BCUT2D eigenvalue weighted by molar-refractivity contribution is 5.74. The van der Waals surface area contributed by atoms with Gasteiger partial charge in [0.25, 0.3) is 0 Å². The monoisotopic (exact) mass is 196 g/mol. The summed E-state index contributed by atoms with van der Waals surface area (Å²) in [6.45, 7) is 2.71. The maximum atomic E-state index is 5.71. The zero-order valence-corrected chi connectivity index (χ0v) is 8.70. The number of nitrogen functional groups attached to an aromatic ring is 2. The molecular weight excluding hydrogens is 180 g/mol. The quantitative estimate of drug-likeness (QED) is 0.636. The Balaban J connectivity index is 3.14. The highest BCUT2D eigenvalue weighted by Crippen LogP contribution is 2.23. The van der Waals surface area contributed by atoms with Gasteiger partial charge in [0, 0.05) is 20.6 Å². The van der Waals surface area contributed by atoms with Crippen LogP contribution in [0.3, 0.4) is 0 Å². The molecule has 0 aliphatic heterocycles. The number of nitrogens with one attached hydrogen (secondary N) is 1. The fourth-order valence-electron chi connectivity index (χ4n) is 0.977. The van der Waals surface area contributed by atoms with E-state index in [1.54, 1.807) is 4.90 Å². The van der Waals surface area contributed by atoms with Crippen molar-refractivity contribution in [1.82, 2.24) is 9.97 Å². The normalized spacial score (nSPS) is 9.93. The van der Waals surface area contributed by atoms with Gasteiger partial charge in [-0.25, -0.2) is 0 Å². The average molecular weight is 196 g/mol. The maximum absolute atomic E-state index is 5.71. The number of hydrogen-bond donors (Lipinski definition) is 3. The Morgan fingerprint density at radius 2 is 1.93 bits per heavy atom. The third kappa shape index (κ3) is 1.95. The second-order valence-corrected chi connectivity index (χ2v) is 3.10. The molecule has 0 amide bonds. The zero-order valence-electron chi connectivity index (χ0n) is 8.70. The van der Waals surface area contributed by atoms with E-state index >= 15 is 0 Å². The predicted molar refractivity (Wildman–Crippen MR) is 59.3 cm³/mol. The van der Waals surface area contributed by atoms with Crippen molar-refractivity contribution in [3.8, 4) is 0 Å². The summed E-state index contributed by atoms with van der Waals surface area (Å²) in [7, 11) is 3.70. The summed E-state index contributed by atoms with van der Waals surface area (Å²) in [5.74, 6) is 1.44. The molecule has 0 spiro atoms. The highest BCUT2D eigenvalue weighted by Gasteiger charge is 2.09. The standard InChI is InChI=1S/C8H16N6/c1-4-11-7-5(9)6(10)12-8(13-7)14(2)3/h4,9H2,1-3H3,(H3,10,11,12,13). The molecule has 0 aromatic carbocycles. The van der Waals surface area contributed by atoms with Crippen LogP contribution in [-0.2, 0) is 0 Å². The molecule has 78 valence electrons. The minimum absolute atomic E-state index is 0.305. The largest absolute Gasteiger partial charge is 0.393 e. The maximum Gasteiger partial charge on any atom is 0.228 e. The van der Waals surface area contributed by atoms with Gasteiger partial charge in [-0.3, -0.25) is 0 Å². The second-order valence-electron chi connectivity index (χ2n) is 3.10. The van der Waals surface area contributed by atoms with Crippen LogP contribution < -0.4 is 21.7 Å². The van der Waals surface area contributed by atoms with E-state index in [4.69, 9.17) is 11.5 Å². The number of hydrogen-bond acceptors (Lipinski definition) is 6. The summed E-state index contributed by atoms with van der Waals surface area (Å²) in [5.41, 5.74) is 11.8. The summed E-state index contributed by atoms with van der Waals surface area (Å²) in [6, 6.07) is 0. The van der Waals surface area contributed by atoms with Crippen molar-refractivity contribution in [2.75, 3.05) is 42.3 Å². The molecule has 0 saturated heterocycles. The summed E-state index contributed by atoms with van der Waals surface area (Å²) >= 11 is 0. The van der Waals surface area contributed by atoms with Gasteiger partial charge in [0.15, 0.2) is 11.6 Å². The minimum Gasteiger partial charge on any atom is -0.393 e. The van der Waals surface area contributed by atoms with Gasteiger partial charge in [-0.05, 0) is 6.92 Å². The lowest BCUT2D eigenvalue weighted by Crippen LogP contribution is -2.16. The lowest BCUT2D eigenvalue weighted by Gasteiger charge is -2.14. The number of nitrogens with zero attached hydrogens (tertiary/aromatic N) is 3. The molecule has 0 aliphatic carbocycles. The third-order valence-corrected chi connectivity index (χ3v) is 1.71. The molecule has 1 rings (SSSR count). The van der Waals surface area contributed by atoms with Crippen LogP contribution in [-0.4, -0.2) is 30.6 Å². The van der Waals surface area contributed by atoms with E-state index in [0.717, 1.165) is 6.54 Å².